The van der Waals surface area contributed by atoms with Crippen molar-refractivity contribution in [3.8, 4) is 11.1 Å². The lowest BCUT2D eigenvalue weighted by Gasteiger charge is -2.18. The first-order valence-corrected chi connectivity index (χ1v) is 11.5. The van der Waals surface area contributed by atoms with Crippen molar-refractivity contribution >= 4 is 45.9 Å². The van der Waals surface area contributed by atoms with Gasteiger partial charge in [-0.3, -0.25) is 9.36 Å². The second-order valence-electron chi connectivity index (χ2n) is 6.27. The highest BCUT2D eigenvalue weighted by Crippen LogP contribution is 2.37. The molecular weight excluding hydrogens is 422 g/mol. The molecule has 30 heavy (non-hydrogen) atoms. The van der Waals surface area contributed by atoms with Gasteiger partial charge in [-0.15, -0.1) is 21.5 Å². The minimum absolute atomic E-state index is 0.170. The maximum absolute atomic E-state index is 13.1. The van der Waals surface area contributed by atoms with Crippen LogP contribution in [-0.4, -0.2) is 39.5 Å². The van der Waals surface area contributed by atoms with Crippen molar-refractivity contribution in [2.24, 2.45) is 0 Å². The van der Waals surface area contributed by atoms with Crippen LogP contribution in [0.4, 0.5) is 10.9 Å². The highest BCUT2D eigenvalue weighted by atomic mass is 32.2. The number of aromatic nitrogens is 3. The molecule has 158 valence electrons. The molecule has 3 rings (SSSR count). The van der Waals surface area contributed by atoms with E-state index < -0.39 is 12.0 Å². The lowest BCUT2D eigenvalue weighted by atomic mass is 10.0. The van der Waals surface area contributed by atoms with Crippen LogP contribution in [-0.2, 0) is 9.53 Å². The summed E-state index contributed by atoms with van der Waals surface area (Å²) < 4.78 is 6.86. The van der Waals surface area contributed by atoms with Gasteiger partial charge in [0.05, 0.1) is 6.61 Å². The first-order valence-electron chi connectivity index (χ1n) is 9.41. The number of ether oxygens (including phenoxy) is 1. The van der Waals surface area contributed by atoms with Crippen molar-refractivity contribution in [3.05, 3.63) is 41.3 Å². The Balaban J connectivity index is 1.97. The van der Waals surface area contributed by atoms with Crippen LogP contribution in [0.1, 0.15) is 36.7 Å². The molecule has 0 aliphatic heterocycles. The van der Waals surface area contributed by atoms with Gasteiger partial charge in [0.25, 0.3) is 0 Å². The molecule has 1 unspecified atom stereocenters. The van der Waals surface area contributed by atoms with Crippen LogP contribution in [0.15, 0.2) is 40.9 Å². The molecular formula is C20H23N5O3S2. The molecule has 2 aromatic heterocycles. The van der Waals surface area contributed by atoms with E-state index in [0.717, 1.165) is 11.1 Å². The number of anilines is 2. The first kappa shape index (κ1) is 21.8. The van der Waals surface area contributed by atoms with Gasteiger partial charge >= 0.3 is 5.97 Å². The maximum atomic E-state index is 13.1. The smallest absolute Gasteiger partial charge is 0.341 e. The molecule has 0 bridgehead atoms. The zero-order chi connectivity index (χ0) is 21.7. The van der Waals surface area contributed by atoms with Crippen molar-refractivity contribution in [1.82, 2.24) is 14.8 Å². The fraction of sp³-hybridized carbons (Fsp3) is 0.300. The topological polar surface area (TPSA) is 112 Å². The van der Waals surface area contributed by atoms with Gasteiger partial charge in [0.2, 0.25) is 11.9 Å². The summed E-state index contributed by atoms with van der Waals surface area (Å²) >= 11 is 2.64. The van der Waals surface area contributed by atoms with E-state index in [1.165, 1.54) is 23.1 Å². The van der Waals surface area contributed by atoms with Crippen molar-refractivity contribution in [1.29, 1.82) is 0 Å². The van der Waals surface area contributed by atoms with Gasteiger partial charge in [0.15, 0.2) is 5.16 Å². The van der Waals surface area contributed by atoms with Gasteiger partial charge in [0.1, 0.15) is 16.6 Å². The molecule has 1 amide bonds. The van der Waals surface area contributed by atoms with Gasteiger partial charge < -0.3 is 15.8 Å². The molecule has 0 saturated carbocycles. The summed E-state index contributed by atoms with van der Waals surface area (Å²) in [4.78, 5) is 25.9. The average molecular weight is 446 g/mol. The number of nitrogens with one attached hydrogen (secondary N) is 1. The first-order chi connectivity index (χ1) is 14.5. The molecule has 2 heterocycles. The second-order valence-corrected chi connectivity index (χ2v) is 7.92. The highest BCUT2D eigenvalue weighted by Gasteiger charge is 2.28. The van der Waals surface area contributed by atoms with Crippen LogP contribution < -0.4 is 11.1 Å². The van der Waals surface area contributed by atoms with Gasteiger partial charge in [-0.05, 0) is 25.2 Å². The summed E-state index contributed by atoms with van der Waals surface area (Å²) in [5.74, 6) is -0.607. The average Bonchev–Trinajstić information content (AvgIpc) is 3.33. The number of nitrogen functional groups attached to an aromatic ring is 1. The number of nitrogens with two attached hydrogens (primary N) is 1. The fourth-order valence-corrected chi connectivity index (χ4v) is 4.59. The van der Waals surface area contributed by atoms with E-state index in [4.69, 9.17) is 10.5 Å². The van der Waals surface area contributed by atoms with Crippen LogP contribution in [0.25, 0.3) is 11.1 Å². The van der Waals surface area contributed by atoms with E-state index in [-0.39, 0.29) is 18.5 Å². The van der Waals surface area contributed by atoms with E-state index in [0.29, 0.717) is 22.1 Å². The monoisotopic (exact) mass is 445 g/mol. The lowest BCUT2D eigenvalue weighted by molar-refractivity contribution is -0.119. The third-order valence-electron chi connectivity index (χ3n) is 4.47. The Hall–Kier alpha value is -2.85. The molecule has 0 aliphatic carbocycles. The number of rotatable bonds is 8. The number of hydrogen-bond donors (Lipinski definition) is 2. The molecule has 1 atom stereocenters. The SMILES string of the molecule is CCOC(=O)c1c(-c2ccccc2)csc1NC(=O)C(CC)n1c(N)nnc1SC. The van der Waals surface area contributed by atoms with Crippen LogP contribution in [0.3, 0.4) is 0 Å². The third kappa shape index (κ3) is 4.34. The lowest BCUT2D eigenvalue weighted by Crippen LogP contribution is -2.27. The van der Waals surface area contributed by atoms with Crippen molar-refractivity contribution in [3.63, 3.8) is 0 Å². The third-order valence-corrected chi connectivity index (χ3v) is 6.01. The molecule has 3 N–H and O–H groups in total. The number of carbonyl (C=O) groups excluding carboxylic acids is 2. The molecule has 0 radical (unpaired) electrons. The molecule has 0 spiro atoms. The number of thiophene rings is 1. The zero-order valence-corrected chi connectivity index (χ0v) is 18.5. The van der Waals surface area contributed by atoms with Crippen LogP contribution in [0.5, 0.6) is 0 Å². The van der Waals surface area contributed by atoms with Gasteiger partial charge in [-0.2, -0.15) is 0 Å². The number of nitrogens with zero attached hydrogens (tertiary/aromatic N) is 3. The summed E-state index contributed by atoms with van der Waals surface area (Å²) in [5, 5.41) is 13.6. The molecule has 1 aromatic carbocycles. The van der Waals surface area contributed by atoms with Crippen molar-refractivity contribution in [2.75, 3.05) is 23.9 Å². The van der Waals surface area contributed by atoms with Crippen LogP contribution in [0, 0.1) is 0 Å². The summed E-state index contributed by atoms with van der Waals surface area (Å²) in [7, 11) is 0. The number of esters is 1. The van der Waals surface area contributed by atoms with Crippen molar-refractivity contribution < 1.29 is 14.3 Å². The van der Waals surface area contributed by atoms with E-state index in [1.807, 2.05) is 48.9 Å². The van der Waals surface area contributed by atoms with E-state index in [1.54, 1.807) is 11.5 Å². The van der Waals surface area contributed by atoms with E-state index in [2.05, 4.69) is 15.5 Å². The number of thioether (sulfide) groups is 1. The van der Waals surface area contributed by atoms with Crippen LogP contribution in [0.2, 0.25) is 0 Å². The summed E-state index contributed by atoms with van der Waals surface area (Å²) in [6.07, 6.45) is 2.32. The van der Waals surface area contributed by atoms with Gasteiger partial charge in [-0.1, -0.05) is 49.0 Å². The zero-order valence-electron chi connectivity index (χ0n) is 16.9. The second kappa shape index (κ2) is 9.77. The van der Waals surface area contributed by atoms with Gasteiger partial charge in [-0.25, -0.2) is 4.79 Å². The molecule has 3 aromatic rings. The highest BCUT2D eigenvalue weighted by molar-refractivity contribution is 7.98. The minimum Gasteiger partial charge on any atom is -0.462 e. The predicted octanol–water partition coefficient (Wildman–Crippen LogP) is 4.08. The van der Waals surface area contributed by atoms with E-state index >= 15 is 0 Å². The minimum atomic E-state index is -0.611. The number of carbonyl (C=O) groups is 2. The Morgan fingerprint density at radius 2 is 2.00 bits per heavy atom. The molecule has 0 fully saturated rings. The van der Waals surface area contributed by atoms with Crippen molar-refractivity contribution in [2.45, 2.75) is 31.5 Å². The molecule has 8 nitrogen and oxygen atoms in total. The Labute approximate surface area is 182 Å². The normalized spacial score (nSPS) is 11.8. The fourth-order valence-electron chi connectivity index (χ4n) is 3.09. The quantitative estimate of drug-likeness (QED) is 0.397. The largest absolute Gasteiger partial charge is 0.462 e. The number of amides is 1. The summed E-state index contributed by atoms with van der Waals surface area (Å²) in [6, 6.07) is 8.90. The Kier molecular flexibility index (Phi) is 7.11. The molecule has 0 aliphatic rings. The summed E-state index contributed by atoms with van der Waals surface area (Å²) in [6.45, 7) is 3.86. The Morgan fingerprint density at radius 1 is 1.27 bits per heavy atom. The summed E-state index contributed by atoms with van der Waals surface area (Å²) in [5.41, 5.74) is 7.88. The molecule has 0 saturated heterocycles. The van der Waals surface area contributed by atoms with E-state index in [9.17, 15) is 9.59 Å². The maximum Gasteiger partial charge on any atom is 0.341 e. The predicted molar refractivity (Wildman–Crippen MR) is 120 cm³/mol. The number of benzene rings is 1. The Bertz CT molecular complexity index is 1030. The number of hydrogen-bond acceptors (Lipinski definition) is 8. The van der Waals surface area contributed by atoms with Crippen LogP contribution >= 0.6 is 23.1 Å². The molecule has 10 heteroatoms. The Morgan fingerprint density at radius 3 is 2.63 bits per heavy atom. The van der Waals surface area contributed by atoms with Gasteiger partial charge in [0, 0.05) is 10.9 Å². The standard InChI is InChI=1S/C20H23N5O3S2/c1-4-14(25-19(21)23-24-20(25)29-3)16(26)22-17-15(18(27)28-5-2)13(11-30-17)12-9-7-6-8-10-12/h6-11,14H,4-5H2,1-3H3,(H2,21,23)(H,22,26).